The zero-order chi connectivity index (χ0) is 13.1. The van der Waals surface area contributed by atoms with Crippen LogP contribution in [-0.2, 0) is 11.2 Å². The van der Waals surface area contributed by atoms with Crippen LogP contribution in [-0.4, -0.2) is 5.78 Å². The van der Waals surface area contributed by atoms with Gasteiger partial charge in [-0.3, -0.25) is 4.79 Å². The minimum absolute atomic E-state index is 0.221. The second-order valence-electron chi connectivity index (χ2n) is 5.68. The maximum Gasteiger partial charge on any atom is 0.140 e. The number of aryl methyl sites for hydroxylation is 1. The van der Waals surface area contributed by atoms with Gasteiger partial charge in [-0.15, -0.1) is 0 Å². The average molecular weight is 248 g/mol. The summed E-state index contributed by atoms with van der Waals surface area (Å²) < 4.78 is 13.0. The molecule has 0 aromatic heterocycles. The van der Waals surface area contributed by atoms with E-state index in [0.717, 1.165) is 24.0 Å². The molecule has 0 saturated heterocycles. The highest BCUT2D eigenvalue weighted by Gasteiger charge is 2.25. The van der Waals surface area contributed by atoms with E-state index in [4.69, 9.17) is 0 Å². The lowest BCUT2D eigenvalue weighted by Crippen LogP contribution is -2.23. The first-order valence-electron chi connectivity index (χ1n) is 6.84. The summed E-state index contributed by atoms with van der Waals surface area (Å²) in [5, 5.41) is 0. The number of benzene rings is 1. The molecular weight excluding hydrogens is 227 g/mol. The molecule has 1 aliphatic carbocycles. The number of halogens is 1. The minimum Gasteiger partial charge on any atom is -0.299 e. The van der Waals surface area contributed by atoms with Crippen molar-refractivity contribution in [3.05, 3.63) is 35.1 Å². The zero-order valence-electron chi connectivity index (χ0n) is 11.2. The Kier molecular flexibility index (Phi) is 4.15. The van der Waals surface area contributed by atoms with E-state index in [1.54, 1.807) is 6.07 Å². The number of hydrogen-bond donors (Lipinski definition) is 0. The maximum atomic E-state index is 13.0. The smallest absolute Gasteiger partial charge is 0.140 e. The number of Topliss-reactive ketones (excluding diaryl/α,β-unsaturated/α-hetero) is 1. The molecule has 98 valence electrons. The van der Waals surface area contributed by atoms with Crippen LogP contribution in [0.2, 0.25) is 0 Å². The normalized spacial score (nSPS) is 23.9. The Balaban J connectivity index is 2.02. The van der Waals surface area contributed by atoms with Gasteiger partial charge in [0.15, 0.2) is 0 Å². The van der Waals surface area contributed by atoms with Crippen LogP contribution in [0.15, 0.2) is 18.2 Å². The molecule has 0 N–H and O–H groups in total. The third kappa shape index (κ3) is 3.18. The molecule has 0 spiro atoms. The summed E-state index contributed by atoms with van der Waals surface area (Å²) in [6.45, 7) is 4.10. The SMILES string of the molecule is Cc1cc(F)ccc1CC(=O)C1CCCC(C)C1. The van der Waals surface area contributed by atoms with Gasteiger partial charge in [0.1, 0.15) is 11.6 Å². The lowest BCUT2D eigenvalue weighted by atomic mass is 9.79. The van der Waals surface area contributed by atoms with Gasteiger partial charge in [-0.25, -0.2) is 4.39 Å². The van der Waals surface area contributed by atoms with Gasteiger partial charge in [-0.1, -0.05) is 25.8 Å². The van der Waals surface area contributed by atoms with Crippen LogP contribution < -0.4 is 0 Å². The second kappa shape index (κ2) is 5.64. The number of rotatable bonds is 3. The summed E-state index contributed by atoms with van der Waals surface area (Å²) in [6, 6.07) is 4.69. The van der Waals surface area contributed by atoms with Gasteiger partial charge >= 0.3 is 0 Å². The largest absolute Gasteiger partial charge is 0.299 e. The van der Waals surface area contributed by atoms with Gasteiger partial charge in [-0.2, -0.15) is 0 Å². The highest BCUT2D eigenvalue weighted by Crippen LogP contribution is 2.30. The van der Waals surface area contributed by atoms with Crippen molar-refractivity contribution in [1.29, 1.82) is 0 Å². The predicted molar refractivity (Wildman–Crippen MR) is 71.0 cm³/mol. The van der Waals surface area contributed by atoms with Crippen molar-refractivity contribution in [2.75, 3.05) is 0 Å². The quantitative estimate of drug-likeness (QED) is 0.788. The lowest BCUT2D eigenvalue weighted by molar-refractivity contribution is -0.123. The molecule has 1 fully saturated rings. The molecule has 18 heavy (non-hydrogen) atoms. The molecule has 1 nitrogen and oxygen atoms in total. The summed E-state index contributed by atoms with van der Waals surface area (Å²) in [6.07, 6.45) is 4.94. The molecule has 0 heterocycles. The Hall–Kier alpha value is -1.18. The molecular formula is C16H21FO. The van der Waals surface area contributed by atoms with Crippen molar-refractivity contribution in [3.63, 3.8) is 0 Å². The lowest BCUT2D eigenvalue weighted by Gasteiger charge is -2.25. The van der Waals surface area contributed by atoms with Gasteiger partial charge in [0.2, 0.25) is 0 Å². The summed E-state index contributed by atoms with van der Waals surface area (Å²) in [5.74, 6) is 0.992. The Morgan fingerprint density at radius 3 is 2.83 bits per heavy atom. The van der Waals surface area contributed by atoms with Crippen LogP contribution in [0.1, 0.15) is 43.7 Å². The van der Waals surface area contributed by atoms with Crippen LogP contribution in [0.5, 0.6) is 0 Å². The zero-order valence-corrected chi connectivity index (χ0v) is 11.2. The highest BCUT2D eigenvalue weighted by atomic mass is 19.1. The standard InChI is InChI=1S/C16H21FO/c1-11-4-3-5-14(8-11)16(18)10-13-6-7-15(17)9-12(13)2/h6-7,9,11,14H,3-5,8,10H2,1-2H3. The maximum absolute atomic E-state index is 13.0. The van der Waals surface area contributed by atoms with Gasteiger partial charge in [0, 0.05) is 12.3 Å². The Morgan fingerprint density at radius 1 is 1.39 bits per heavy atom. The van der Waals surface area contributed by atoms with Crippen molar-refractivity contribution in [2.24, 2.45) is 11.8 Å². The first-order valence-corrected chi connectivity index (χ1v) is 6.84. The first-order chi connectivity index (χ1) is 8.56. The average Bonchev–Trinajstić information content (AvgIpc) is 2.32. The molecule has 2 rings (SSSR count). The molecule has 2 heteroatoms. The van der Waals surface area contributed by atoms with Crippen LogP contribution in [0, 0.1) is 24.6 Å². The van der Waals surface area contributed by atoms with Crippen molar-refractivity contribution >= 4 is 5.78 Å². The summed E-state index contributed by atoms with van der Waals surface area (Å²) in [7, 11) is 0. The van der Waals surface area contributed by atoms with E-state index in [9.17, 15) is 9.18 Å². The number of ketones is 1. The van der Waals surface area contributed by atoms with Crippen molar-refractivity contribution < 1.29 is 9.18 Å². The molecule has 2 atom stereocenters. The van der Waals surface area contributed by atoms with Gasteiger partial charge in [0.05, 0.1) is 0 Å². The van der Waals surface area contributed by atoms with Crippen LogP contribution in [0.25, 0.3) is 0 Å². The van der Waals surface area contributed by atoms with E-state index in [2.05, 4.69) is 6.92 Å². The molecule has 2 unspecified atom stereocenters. The van der Waals surface area contributed by atoms with Crippen LogP contribution >= 0.6 is 0 Å². The number of carbonyl (C=O) groups is 1. The Morgan fingerprint density at radius 2 is 2.17 bits per heavy atom. The van der Waals surface area contributed by atoms with E-state index in [1.807, 2.05) is 6.92 Å². The molecule has 0 aliphatic heterocycles. The Labute approximate surface area is 108 Å². The van der Waals surface area contributed by atoms with E-state index in [0.29, 0.717) is 18.1 Å². The van der Waals surface area contributed by atoms with Crippen LogP contribution in [0.3, 0.4) is 0 Å². The minimum atomic E-state index is -0.227. The van der Waals surface area contributed by atoms with Gasteiger partial charge < -0.3 is 0 Å². The molecule has 1 aromatic carbocycles. The van der Waals surface area contributed by atoms with Gasteiger partial charge in [0.25, 0.3) is 0 Å². The fourth-order valence-corrected chi connectivity index (χ4v) is 2.92. The van der Waals surface area contributed by atoms with Crippen LogP contribution in [0.4, 0.5) is 4.39 Å². The number of carbonyl (C=O) groups excluding carboxylic acids is 1. The van der Waals surface area contributed by atoms with Crippen molar-refractivity contribution in [3.8, 4) is 0 Å². The van der Waals surface area contributed by atoms with E-state index < -0.39 is 0 Å². The fraction of sp³-hybridized carbons (Fsp3) is 0.562. The third-order valence-electron chi connectivity index (χ3n) is 4.06. The first kappa shape index (κ1) is 13.3. The highest BCUT2D eigenvalue weighted by molar-refractivity contribution is 5.83. The van der Waals surface area contributed by atoms with E-state index >= 15 is 0 Å². The Bertz CT molecular complexity index is 439. The molecule has 1 saturated carbocycles. The molecule has 0 radical (unpaired) electrons. The second-order valence-corrected chi connectivity index (χ2v) is 5.68. The predicted octanol–water partition coefficient (Wildman–Crippen LogP) is 4.07. The third-order valence-corrected chi connectivity index (χ3v) is 4.06. The summed E-state index contributed by atoms with van der Waals surface area (Å²) in [5.41, 5.74) is 1.85. The van der Waals surface area contributed by atoms with E-state index in [-0.39, 0.29) is 11.7 Å². The van der Waals surface area contributed by atoms with Crippen molar-refractivity contribution in [1.82, 2.24) is 0 Å². The topological polar surface area (TPSA) is 17.1 Å². The molecule has 0 amide bonds. The monoisotopic (exact) mass is 248 g/mol. The number of hydrogen-bond acceptors (Lipinski definition) is 1. The van der Waals surface area contributed by atoms with E-state index in [1.165, 1.54) is 25.0 Å². The van der Waals surface area contributed by atoms with Crippen molar-refractivity contribution in [2.45, 2.75) is 46.0 Å². The summed E-state index contributed by atoms with van der Waals surface area (Å²) >= 11 is 0. The molecule has 1 aliphatic rings. The summed E-state index contributed by atoms with van der Waals surface area (Å²) in [4.78, 5) is 12.3. The van der Waals surface area contributed by atoms with Gasteiger partial charge in [-0.05, 0) is 48.9 Å². The fourth-order valence-electron chi connectivity index (χ4n) is 2.92. The molecule has 0 bridgehead atoms. The molecule has 1 aromatic rings.